The van der Waals surface area contributed by atoms with Crippen molar-refractivity contribution < 1.29 is 14.3 Å². The van der Waals surface area contributed by atoms with Crippen molar-refractivity contribution in [3.8, 4) is 11.5 Å². The summed E-state index contributed by atoms with van der Waals surface area (Å²) in [5, 5.41) is 0. The zero-order valence-electron chi connectivity index (χ0n) is 13.5. The fourth-order valence-electron chi connectivity index (χ4n) is 2.75. The molecule has 1 aliphatic rings. The highest BCUT2D eigenvalue weighted by Crippen LogP contribution is 2.26. The lowest BCUT2D eigenvalue weighted by Gasteiger charge is -2.33. The maximum atomic E-state index is 12.2. The Balaban J connectivity index is 1.83. The number of hydrogen-bond donors (Lipinski definition) is 1. The standard InChI is InChI=1S/C17H26N2O3/c1-3-21-15-6-4-5-7-16(15)22-12-17(20)19-10-8-14(9-11-19)13(2)18/h4-7,13-14H,3,8-12,18H2,1-2H3. The van der Waals surface area contributed by atoms with Gasteiger partial charge >= 0.3 is 0 Å². The van der Waals surface area contributed by atoms with E-state index in [-0.39, 0.29) is 18.6 Å². The third-order valence-electron chi connectivity index (χ3n) is 4.14. The van der Waals surface area contributed by atoms with Gasteiger partial charge < -0.3 is 20.1 Å². The molecule has 0 aliphatic carbocycles. The molecular formula is C17H26N2O3. The number of likely N-dealkylation sites (tertiary alicyclic amines) is 1. The van der Waals surface area contributed by atoms with Crippen LogP contribution in [0.15, 0.2) is 24.3 Å². The first-order valence-electron chi connectivity index (χ1n) is 7.99. The van der Waals surface area contributed by atoms with Crippen LogP contribution in [0.25, 0.3) is 0 Å². The average Bonchev–Trinajstić information content (AvgIpc) is 2.54. The fourth-order valence-corrected chi connectivity index (χ4v) is 2.75. The molecule has 0 aromatic heterocycles. The minimum absolute atomic E-state index is 0.0226. The second-order valence-corrected chi connectivity index (χ2v) is 5.75. The number of para-hydroxylation sites is 2. The van der Waals surface area contributed by atoms with E-state index < -0.39 is 0 Å². The summed E-state index contributed by atoms with van der Waals surface area (Å²) in [5.41, 5.74) is 5.93. The molecule has 122 valence electrons. The van der Waals surface area contributed by atoms with Gasteiger partial charge in [0, 0.05) is 19.1 Å². The van der Waals surface area contributed by atoms with Gasteiger partial charge in [-0.3, -0.25) is 4.79 Å². The van der Waals surface area contributed by atoms with Crippen LogP contribution in [0.2, 0.25) is 0 Å². The summed E-state index contributed by atoms with van der Waals surface area (Å²) in [7, 11) is 0. The lowest BCUT2D eigenvalue weighted by atomic mass is 9.91. The third kappa shape index (κ3) is 4.37. The first kappa shape index (κ1) is 16.6. The van der Waals surface area contributed by atoms with E-state index >= 15 is 0 Å². The van der Waals surface area contributed by atoms with Crippen LogP contribution < -0.4 is 15.2 Å². The molecule has 1 atom stereocenters. The molecule has 1 aromatic rings. The third-order valence-corrected chi connectivity index (χ3v) is 4.14. The molecule has 0 saturated carbocycles. The van der Waals surface area contributed by atoms with Gasteiger partial charge in [0.05, 0.1) is 6.61 Å². The van der Waals surface area contributed by atoms with Gasteiger partial charge in [0.25, 0.3) is 5.91 Å². The minimum Gasteiger partial charge on any atom is -0.490 e. The van der Waals surface area contributed by atoms with Gasteiger partial charge in [-0.05, 0) is 44.7 Å². The number of nitrogens with zero attached hydrogens (tertiary/aromatic N) is 1. The topological polar surface area (TPSA) is 64.8 Å². The maximum Gasteiger partial charge on any atom is 0.260 e. The summed E-state index contributed by atoms with van der Waals surface area (Å²) >= 11 is 0. The Labute approximate surface area is 132 Å². The van der Waals surface area contributed by atoms with Gasteiger partial charge in [0.15, 0.2) is 18.1 Å². The van der Waals surface area contributed by atoms with Gasteiger partial charge in [-0.15, -0.1) is 0 Å². The number of benzene rings is 1. The van der Waals surface area contributed by atoms with Crippen LogP contribution in [-0.2, 0) is 4.79 Å². The van der Waals surface area contributed by atoms with Crippen LogP contribution in [0.4, 0.5) is 0 Å². The van der Waals surface area contributed by atoms with E-state index in [1.165, 1.54) is 0 Å². The van der Waals surface area contributed by atoms with Gasteiger partial charge in [-0.25, -0.2) is 0 Å². The van der Waals surface area contributed by atoms with Crippen LogP contribution in [0.3, 0.4) is 0 Å². The predicted molar refractivity (Wildman–Crippen MR) is 86.1 cm³/mol. The molecule has 2 rings (SSSR count). The normalized spacial score (nSPS) is 17.1. The highest BCUT2D eigenvalue weighted by Gasteiger charge is 2.25. The summed E-state index contributed by atoms with van der Waals surface area (Å²) in [6.07, 6.45) is 1.94. The molecule has 2 N–H and O–H groups in total. The lowest BCUT2D eigenvalue weighted by molar-refractivity contribution is -0.134. The zero-order chi connectivity index (χ0) is 15.9. The largest absolute Gasteiger partial charge is 0.490 e. The summed E-state index contributed by atoms with van der Waals surface area (Å²) in [5.74, 6) is 1.83. The quantitative estimate of drug-likeness (QED) is 0.873. The highest BCUT2D eigenvalue weighted by molar-refractivity contribution is 5.78. The summed E-state index contributed by atoms with van der Waals surface area (Å²) in [4.78, 5) is 14.1. The number of piperidine rings is 1. The van der Waals surface area contributed by atoms with E-state index in [1.54, 1.807) is 0 Å². The van der Waals surface area contributed by atoms with Crippen molar-refractivity contribution in [3.05, 3.63) is 24.3 Å². The molecule has 1 unspecified atom stereocenters. The molecule has 1 aromatic carbocycles. The van der Waals surface area contributed by atoms with E-state index in [1.807, 2.05) is 43.0 Å². The van der Waals surface area contributed by atoms with E-state index in [0.29, 0.717) is 24.0 Å². The molecule has 1 fully saturated rings. The fraction of sp³-hybridized carbons (Fsp3) is 0.588. The van der Waals surface area contributed by atoms with Crippen molar-refractivity contribution in [3.63, 3.8) is 0 Å². The molecule has 22 heavy (non-hydrogen) atoms. The van der Waals surface area contributed by atoms with Crippen LogP contribution in [0, 0.1) is 5.92 Å². The van der Waals surface area contributed by atoms with Crippen molar-refractivity contribution in [2.75, 3.05) is 26.3 Å². The Morgan fingerprint density at radius 3 is 2.41 bits per heavy atom. The van der Waals surface area contributed by atoms with Gasteiger partial charge in [-0.1, -0.05) is 12.1 Å². The van der Waals surface area contributed by atoms with E-state index in [4.69, 9.17) is 15.2 Å². The van der Waals surface area contributed by atoms with Gasteiger partial charge in [-0.2, -0.15) is 0 Å². The molecule has 1 aliphatic heterocycles. The van der Waals surface area contributed by atoms with Gasteiger partial charge in [0.2, 0.25) is 0 Å². The molecule has 5 nitrogen and oxygen atoms in total. The molecular weight excluding hydrogens is 280 g/mol. The van der Waals surface area contributed by atoms with Crippen molar-refractivity contribution in [2.24, 2.45) is 11.7 Å². The van der Waals surface area contributed by atoms with Crippen LogP contribution in [0.1, 0.15) is 26.7 Å². The van der Waals surface area contributed by atoms with E-state index in [2.05, 4.69) is 0 Å². The molecule has 0 spiro atoms. The summed E-state index contributed by atoms with van der Waals surface area (Å²) in [6.45, 7) is 6.11. The van der Waals surface area contributed by atoms with E-state index in [0.717, 1.165) is 25.9 Å². The van der Waals surface area contributed by atoms with E-state index in [9.17, 15) is 4.79 Å². The molecule has 0 bridgehead atoms. The van der Waals surface area contributed by atoms with Crippen molar-refractivity contribution in [2.45, 2.75) is 32.7 Å². The highest BCUT2D eigenvalue weighted by atomic mass is 16.5. The number of amides is 1. The second-order valence-electron chi connectivity index (χ2n) is 5.75. The van der Waals surface area contributed by atoms with Crippen molar-refractivity contribution >= 4 is 5.91 Å². The Morgan fingerprint density at radius 2 is 1.86 bits per heavy atom. The number of nitrogens with two attached hydrogens (primary N) is 1. The average molecular weight is 306 g/mol. The number of ether oxygens (including phenoxy) is 2. The molecule has 1 heterocycles. The van der Waals surface area contributed by atoms with Crippen LogP contribution in [0.5, 0.6) is 11.5 Å². The molecule has 5 heteroatoms. The number of carbonyl (C=O) groups excluding carboxylic acids is 1. The summed E-state index contributed by atoms with van der Waals surface area (Å²) < 4.78 is 11.1. The van der Waals surface area contributed by atoms with Crippen molar-refractivity contribution in [1.29, 1.82) is 0 Å². The van der Waals surface area contributed by atoms with Gasteiger partial charge in [0.1, 0.15) is 0 Å². The monoisotopic (exact) mass is 306 g/mol. The Kier molecular flexibility index (Phi) is 6.07. The molecule has 1 saturated heterocycles. The predicted octanol–water partition coefficient (Wildman–Crippen LogP) is 2.05. The Morgan fingerprint density at radius 1 is 1.27 bits per heavy atom. The number of carbonyl (C=O) groups is 1. The Hall–Kier alpha value is -1.75. The van der Waals surface area contributed by atoms with Crippen LogP contribution >= 0.6 is 0 Å². The first-order valence-corrected chi connectivity index (χ1v) is 7.99. The van der Waals surface area contributed by atoms with Crippen LogP contribution in [-0.4, -0.2) is 43.2 Å². The minimum atomic E-state index is 0.0226. The smallest absolute Gasteiger partial charge is 0.260 e. The SMILES string of the molecule is CCOc1ccccc1OCC(=O)N1CCC(C(C)N)CC1. The lowest BCUT2D eigenvalue weighted by Crippen LogP contribution is -2.44. The first-order chi connectivity index (χ1) is 10.6. The second kappa shape index (κ2) is 8.03. The molecule has 0 radical (unpaired) electrons. The number of hydrogen-bond acceptors (Lipinski definition) is 4. The Bertz CT molecular complexity index is 483. The maximum absolute atomic E-state index is 12.2. The number of rotatable bonds is 6. The zero-order valence-corrected chi connectivity index (χ0v) is 13.5. The van der Waals surface area contributed by atoms with Crippen molar-refractivity contribution in [1.82, 2.24) is 4.90 Å². The molecule has 1 amide bonds. The summed E-state index contributed by atoms with van der Waals surface area (Å²) in [6, 6.07) is 7.62.